The maximum absolute atomic E-state index is 11.8. The van der Waals surface area contributed by atoms with Gasteiger partial charge in [-0.15, -0.1) is 11.8 Å². The van der Waals surface area contributed by atoms with Crippen LogP contribution in [0.2, 0.25) is 5.02 Å². The molecule has 104 valence electrons. The summed E-state index contributed by atoms with van der Waals surface area (Å²) < 4.78 is 5.04. The fraction of sp³-hybridized carbons (Fsp3) is 0.538. The molecule has 6 heteroatoms. The highest BCUT2D eigenvalue weighted by atomic mass is 35.5. The number of nitrogens with two attached hydrogens (primary N) is 1. The highest BCUT2D eigenvalue weighted by Gasteiger charge is 2.43. The molecular formula is C13H17ClN2O2S. The molecular weight excluding hydrogens is 284 g/mol. The lowest BCUT2D eigenvalue weighted by Crippen LogP contribution is -2.47. The van der Waals surface area contributed by atoms with Crippen LogP contribution in [-0.4, -0.2) is 28.3 Å². The lowest BCUT2D eigenvalue weighted by Gasteiger charge is -2.21. The van der Waals surface area contributed by atoms with E-state index in [1.807, 2.05) is 12.1 Å². The number of hydrogen-bond acceptors (Lipinski definition) is 5. The lowest BCUT2D eigenvalue weighted by atomic mass is 10.00. The molecule has 1 aliphatic rings. The van der Waals surface area contributed by atoms with E-state index in [2.05, 4.69) is 4.98 Å². The Morgan fingerprint density at radius 2 is 2.47 bits per heavy atom. The number of halogens is 1. The smallest absolute Gasteiger partial charge is 0.326 e. The number of hydrogen-bond donors (Lipinski definition) is 1. The molecule has 19 heavy (non-hydrogen) atoms. The SMILES string of the molecule is CCOC(=O)C1(N)CCC(Sc2ccc(Cl)cn2)C1. The zero-order valence-electron chi connectivity index (χ0n) is 10.8. The summed E-state index contributed by atoms with van der Waals surface area (Å²) in [7, 11) is 0. The van der Waals surface area contributed by atoms with Crippen molar-refractivity contribution in [3.8, 4) is 0 Å². The van der Waals surface area contributed by atoms with E-state index in [9.17, 15) is 4.79 Å². The van der Waals surface area contributed by atoms with E-state index in [0.29, 0.717) is 29.7 Å². The minimum Gasteiger partial charge on any atom is -0.465 e. The van der Waals surface area contributed by atoms with Crippen LogP contribution >= 0.6 is 23.4 Å². The van der Waals surface area contributed by atoms with Crippen molar-refractivity contribution >= 4 is 29.3 Å². The van der Waals surface area contributed by atoms with Gasteiger partial charge in [0.1, 0.15) is 5.54 Å². The van der Waals surface area contributed by atoms with Crippen molar-refractivity contribution in [2.75, 3.05) is 6.61 Å². The van der Waals surface area contributed by atoms with Crippen LogP contribution in [0.4, 0.5) is 0 Å². The average Bonchev–Trinajstić information content (AvgIpc) is 2.76. The summed E-state index contributed by atoms with van der Waals surface area (Å²) >= 11 is 7.44. The van der Waals surface area contributed by atoms with Crippen LogP contribution in [0.1, 0.15) is 26.2 Å². The van der Waals surface area contributed by atoms with Gasteiger partial charge in [-0.25, -0.2) is 4.98 Å². The van der Waals surface area contributed by atoms with Crippen molar-refractivity contribution in [3.05, 3.63) is 23.4 Å². The second-order valence-corrected chi connectivity index (χ2v) is 6.43. The van der Waals surface area contributed by atoms with Gasteiger partial charge < -0.3 is 10.5 Å². The molecule has 0 aliphatic heterocycles. The third-order valence-corrected chi connectivity index (χ3v) is 4.62. The van der Waals surface area contributed by atoms with Crippen molar-refractivity contribution in [2.45, 2.75) is 42.0 Å². The lowest BCUT2D eigenvalue weighted by molar-refractivity contribution is -0.149. The molecule has 0 spiro atoms. The summed E-state index contributed by atoms with van der Waals surface area (Å²) in [5, 5.41) is 1.82. The van der Waals surface area contributed by atoms with Gasteiger partial charge in [0.25, 0.3) is 0 Å². The van der Waals surface area contributed by atoms with Gasteiger partial charge in [-0.1, -0.05) is 11.6 Å². The van der Waals surface area contributed by atoms with Crippen molar-refractivity contribution in [1.82, 2.24) is 4.98 Å². The Kier molecular flexibility index (Phi) is 4.71. The zero-order valence-corrected chi connectivity index (χ0v) is 12.3. The third kappa shape index (κ3) is 3.61. The summed E-state index contributed by atoms with van der Waals surface area (Å²) in [4.78, 5) is 16.1. The molecule has 1 aromatic heterocycles. The van der Waals surface area contributed by atoms with Crippen molar-refractivity contribution in [3.63, 3.8) is 0 Å². The Morgan fingerprint density at radius 1 is 1.68 bits per heavy atom. The van der Waals surface area contributed by atoms with E-state index in [0.717, 1.165) is 11.4 Å². The molecule has 0 aromatic carbocycles. The second-order valence-electron chi connectivity index (χ2n) is 4.67. The Bertz CT molecular complexity index is 454. The van der Waals surface area contributed by atoms with E-state index < -0.39 is 5.54 Å². The number of carbonyl (C=O) groups is 1. The van der Waals surface area contributed by atoms with Gasteiger partial charge in [0.2, 0.25) is 0 Å². The van der Waals surface area contributed by atoms with Gasteiger partial charge in [-0.05, 0) is 38.3 Å². The first-order valence-corrected chi connectivity index (χ1v) is 7.53. The monoisotopic (exact) mass is 300 g/mol. The summed E-state index contributed by atoms with van der Waals surface area (Å²) in [5.41, 5.74) is 5.29. The highest BCUT2D eigenvalue weighted by Crippen LogP contribution is 2.39. The van der Waals surface area contributed by atoms with Crippen molar-refractivity contribution in [2.24, 2.45) is 5.73 Å². The largest absolute Gasteiger partial charge is 0.465 e. The Labute approximate surface area is 122 Å². The third-order valence-electron chi connectivity index (χ3n) is 3.17. The Balaban J connectivity index is 1.94. The molecule has 1 aromatic rings. The van der Waals surface area contributed by atoms with Crippen LogP contribution in [-0.2, 0) is 9.53 Å². The minimum absolute atomic E-state index is 0.290. The quantitative estimate of drug-likeness (QED) is 0.866. The maximum atomic E-state index is 11.8. The van der Waals surface area contributed by atoms with Crippen LogP contribution in [0.3, 0.4) is 0 Å². The first kappa shape index (κ1) is 14.6. The Hall–Kier alpha value is -0.780. The van der Waals surface area contributed by atoms with E-state index in [1.165, 1.54) is 0 Å². The van der Waals surface area contributed by atoms with Crippen LogP contribution in [0.15, 0.2) is 23.4 Å². The van der Waals surface area contributed by atoms with Crippen LogP contribution in [0, 0.1) is 0 Å². The number of rotatable bonds is 4. The molecule has 1 saturated carbocycles. The molecule has 2 atom stereocenters. The molecule has 0 bridgehead atoms. The second kappa shape index (κ2) is 6.11. The fourth-order valence-electron chi connectivity index (χ4n) is 2.19. The van der Waals surface area contributed by atoms with Crippen molar-refractivity contribution in [1.29, 1.82) is 0 Å². The number of ether oxygens (including phenoxy) is 1. The first-order valence-electron chi connectivity index (χ1n) is 6.28. The minimum atomic E-state index is -0.833. The zero-order chi connectivity index (χ0) is 13.9. The van der Waals surface area contributed by atoms with E-state index in [4.69, 9.17) is 22.1 Å². The van der Waals surface area contributed by atoms with Gasteiger partial charge in [0.05, 0.1) is 16.7 Å². The van der Waals surface area contributed by atoms with Crippen LogP contribution < -0.4 is 5.73 Å². The van der Waals surface area contributed by atoms with E-state index >= 15 is 0 Å². The van der Waals surface area contributed by atoms with E-state index in [-0.39, 0.29) is 5.97 Å². The number of thioether (sulfide) groups is 1. The first-order chi connectivity index (χ1) is 9.03. The maximum Gasteiger partial charge on any atom is 0.326 e. The summed E-state index contributed by atoms with van der Waals surface area (Å²) in [6, 6.07) is 3.70. The van der Waals surface area contributed by atoms with Gasteiger partial charge in [-0.3, -0.25) is 4.79 Å². The van der Waals surface area contributed by atoms with Gasteiger partial charge in [0.15, 0.2) is 0 Å². The number of esters is 1. The summed E-state index contributed by atoms with van der Waals surface area (Å²) in [6.07, 6.45) is 3.81. The molecule has 0 radical (unpaired) electrons. The normalized spacial score (nSPS) is 26.4. The molecule has 0 amide bonds. The number of aromatic nitrogens is 1. The van der Waals surface area contributed by atoms with Crippen LogP contribution in [0.5, 0.6) is 0 Å². The molecule has 1 heterocycles. The summed E-state index contributed by atoms with van der Waals surface area (Å²) in [6.45, 7) is 2.16. The molecule has 2 unspecified atom stereocenters. The summed E-state index contributed by atoms with van der Waals surface area (Å²) in [5.74, 6) is -0.290. The van der Waals surface area contributed by atoms with Gasteiger partial charge in [-0.2, -0.15) is 0 Å². The number of nitrogens with zero attached hydrogens (tertiary/aromatic N) is 1. The number of carbonyl (C=O) groups excluding carboxylic acids is 1. The van der Waals surface area contributed by atoms with Crippen LogP contribution in [0.25, 0.3) is 0 Å². The predicted octanol–water partition coefficient (Wildman–Crippen LogP) is 2.64. The molecule has 4 nitrogen and oxygen atoms in total. The predicted molar refractivity (Wildman–Crippen MR) is 76.3 cm³/mol. The molecule has 2 rings (SSSR count). The topological polar surface area (TPSA) is 65.2 Å². The standard InChI is InChI=1S/C13H17ClN2O2S/c1-2-18-12(17)13(15)6-5-10(7-13)19-11-4-3-9(14)8-16-11/h3-4,8,10H,2,5-7,15H2,1H3. The average molecular weight is 301 g/mol. The molecule has 0 saturated heterocycles. The van der Waals surface area contributed by atoms with E-state index in [1.54, 1.807) is 24.9 Å². The van der Waals surface area contributed by atoms with Gasteiger partial charge >= 0.3 is 5.97 Å². The molecule has 2 N–H and O–H groups in total. The highest BCUT2D eigenvalue weighted by molar-refractivity contribution is 7.99. The Morgan fingerprint density at radius 3 is 3.11 bits per heavy atom. The number of pyridine rings is 1. The fourth-order valence-corrected chi connectivity index (χ4v) is 3.52. The molecule has 1 aliphatic carbocycles. The van der Waals surface area contributed by atoms with Gasteiger partial charge in [0, 0.05) is 11.4 Å². The van der Waals surface area contributed by atoms with Crippen molar-refractivity contribution < 1.29 is 9.53 Å². The molecule has 1 fully saturated rings.